The minimum absolute atomic E-state index is 0.0240. The first kappa shape index (κ1) is 16.3. The van der Waals surface area contributed by atoms with Gasteiger partial charge in [-0.2, -0.15) is 0 Å². The topological polar surface area (TPSA) is 60.2 Å². The van der Waals surface area contributed by atoms with Gasteiger partial charge in [0, 0.05) is 16.6 Å². The summed E-state index contributed by atoms with van der Waals surface area (Å²) in [6, 6.07) is 13.3. The number of benzene rings is 2. The highest BCUT2D eigenvalue weighted by molar-refractivity contribution is 7.92. The fraction of sp³-hybridized carbons (Fsp3) is 0.200. The van der Waals surface area contributed by atoms with Crippen LogP contribution in [0, 0.1) is 0 Å². The van der Waals surface area contributed by atoms with Gasteiger partial charge in [-0.3, -0.25) is 0 Å². The standard InChI is InChI=1S/C15H15Cl2NO2S/c16-12-7-6-11(15(17)9-12)8-14(10-18)21(19,20)13-4-2-1-3-5-13/h1-7,9,14H,8,10,18H2. The highest BCUT2D eigenvalue weighted by Crippen LogP contribution is 2.25. The summed E-state index contributed by atoms with van der Waals surface area (Å²) in [5.41, 5.74) is 6.39. The Kier molecular flexibility index (Phi) is 5.27. The third-order valence-electron chi connectivity index (χ3n) is 3.24. The number of hydrogen-bond donors (Lipinski definition) is 1. The van der Waals surface area contributed by atoms with Gasteiger partial charge in [-0.1, -0.05) is 47.5 Å². The minimum Gasteiger partial charge on any atom is -0.329 e. The van der Waals surface area contributed by atoms with Crippen molar-refractivity contribution in [2.45, 2.75) is 16.6 Å². The first-order chi connectivity index (χ1) is 9.95. The Morgan fingerprint density at radius 2 is 1.71 bits per heavy atom. The summed E-state index contributed by atoms with van der Waals surface area (Å²) in [7, 11) is -3.49. The second kappa shape index (κ2) is 6.79. The van der Waals surface area contributed by atoms with Gasteiger partial charge in [0.1, 0.15) is 0 Å². The van der Waals surface area contributed by atoms with Crippen molar-refractivity contribution in [2.75, 3.05) is 6.54 Å². The maximum absolute atomic E-state index is 12.6. The summed E-state index contributed by atoms with van der Waals surface area (Å²) in [5, 5.41) is 0.238. The van der Waals surface area contributed by atoms with Gasteiger partial charge >= 0.3 is 0 Å². The van der Waals surface area contributed by atoms with Gasteiger partial charge < -0.3 is 5.73 Å². The average molecular weight is 344 g/mol. The molecule has 6 heteroatoms. The lowest BCUT2D eigenvalue weighted by molar-refractivity contribution is 0.578. The van der Waals surface area contributed by atoms with Gasteiger partial charge in [0.2, 0.25) is 0 Å². The molecule has 0 radical (unpaired) electrons. The molecule has 0 aliphatic carbocycles. The fourth-order valence-corrected chi connectivity index (χ4v) is 4.11. The number of rotatable bonds is 5. The van der Waals surface area contributed by atoms with Crippen molar-refractivity contribution in [3.8, 4) is 0 Å². The van der Waals surface area contributed by atoms with E-state index in [-0.39, 0.29) is 17.9 Å². The van der Waals surface area contributed by atoms with E-state index in [0.29, 0.717) is 10.0 Å². The summed E-state index contributed by atoms with van der Waals surface area (Å²) in [5.74, 6) is 0. The van der Waals surface area contributed by atoms with Crippen LogP contribution in [0.3, 0.4) is 0 Å². The van der Waals surface area contributed by atoms with E-state index in [1.165, 1.54) is 0 Å². The molecule has 0 amide bonds. The summed E-state index contributed by atoms with van der Waals surface area (Å²) >= 11 is 12.0. The zero-order valence-corrected chi connectivity index (χ0v) is 13.5. The third-order valence-corrected chi connectivity index (χ3v) is 5.99. The summed E-state index contributed by atoms with van der Waals surface area (Å²) in [6.07, 6.45) is 0.254. The summed E-state index contributed by atoms with van der Waals surface area (Å²) in [6.45, 7) is 0.0240. The van der Waals surface area contributed by atoms with Crippen molar-refractivity contribution in [3.63, 3.8) is 0 Å². The molecule has 1 unspecified atom stereocenters. The molecule has 0 saturated carbocycles. The SMILES string of the molecule is NCC(Cc1ccc(Cl)cc1Cl)S(=O)(=O)c1ccccc1. The van der Waals surface area contributed by atoms with Crippen LogP contribution < -0.4 is 5.73 Å². The Bertz CT molecular complexity index is 718. The maximum atomic E-state index is 12.6. The van der Waals surface area contributed by atoms with Crippen LogP contribution in [0.15, 0.2) is 53.4 Å². The minimum atomic E-state index is -3.49. The van der Waals surface area contributed by atoms with Crippen LogP contribution in [0.2, 0.25) is 10.0 Å². The Morgan fingerprint density at radius 1 is 1.05 bits per heavy atom. The van der Waals surface area contributed by atoms with Gasteiger partial charge in [0.25, 0.3) is 0 Å². The van der Waals surface area contributed by atoms with Crippen LogP contribution in [0.5, 0.6) is 0 Å². The van der Waals surface area contributed by atoms with E-state index < -0.39 is 15.1 Å². The average Bonchev–Trinajstić information content (AvgIpc) is 2.47. The van der Waals surface area contributed by atoms with E-state index in [4.69, 9.17) is 28.9 Å². The highest BCUT2D eigenvalue weighted by atomic mass is 35.5. The number of hydrogen-bond acceptors (Lipinski definition) is 3. The molecule has 21 heavy (non-hydrogen) atoms. The lowest BCUT2D eigenvalue weighted by Gasteiger charge is -2.17. The molecule has 0 aromatic heterocycles. The fourth-order valence-electron chi connectivity index (χ4n) is 2.05. The van der Waals surface area contributed by atoms with E-state index in [1.807, 2.05) is 0 Å². The van der Waals surface area contributed by atoms with Crippen LogP contribution in [-0.2, 0) is 16.3 Å². The molecule has 0 aliphatic rings. The summed E-state index contributed by atoms with van der Waals surface area (Å²) < 4.78 is 25.2. The highest BCUT2D eigenvalue weighted by Gasteiger charge is 2.27. The van der Waals surface area contributed by atoms with Crippen molar-refractivity contribution < 1.29 is 8.42 Å². The lowest BCUT2D eigenvalue weighted by atomic mass is 10.1. The zero-order chi connectivity index (χ0) is 15.5. The molecule has 2 N–H and O–H groups in total. The number of nitrogens with two attached hydrogens (primary N) is 1. The molecule has 0 spiro atoms. The van der Waals surface area contributed by atoms with Gasteiger partial charge in [-0.25, -0.2) is 8.42 Å². The lowest BCUT2D eigenvalue weighted by Crippen LogP contribution is -2.32. The van der Waals surface area contributed by atoms with Crippen molar-refractivity contribution in [1.82, 2.24) is 0 Å². The Morgan fingerprint density at radius 3 is 2.29 bits per heavy atom. The Balaban J connectivity index is 2.32. The number of sulfone groups is 1. The van der Waals surface area contributed by atoms with Gasteiger partial charge in [-0.15, -0.1) is 0 Å². The normalized spacial score (nSPS) is 13.1. The van der Waals surface area contributed by atoms with E-state index in [0.717, 1.165) is 5.56 Å². The molecule has 0 saturated heterocycles. The smallest absolute Gasteiger partial charge is 0.182 e. The second-order valence-electron chi connectivity index (χ2n) is 4.66. The zero-order valence-electron chi connectivity index (χ0n) is 11.2. The largest absolute Gasteiger partial charge is 0.329 e. The van der Waals surface area contributed by atoms with Gasteiger partial charge in [0.15, 0.2) is 9.84 Å². The van der Waals surface area contributed by atoms with E-state index in [1.54, 1.807) is 48.5 Å². The van der Waals surface area contributed by atoms with Crippen molar-refractivity contribution >= 4 is 33.0 Å². The van der Waals surface area contributed by atoms with E-state index in [9.17, 15) is 8.42 Å². The Labute approximate surface area is 134 Å². The van der Waals surface area contributed by atoms with Gasteiger partial charge in [0.05, 0.1) is 10.1 Å². The third kappa shape index (κ3) is 3.77. The molecule has 0 fully saturated rings. The quantitative estimate of drug-likeness (QED) is 0.905. The molecule has 3 nitrogen and oxygen atoms in total. The Hall–Kier alpha value is -1.07. The predicted octanol–water partition coefficient (Wildman–Crippen LogP) is 3.34. The number of halogens is 2. The molecular formula is C15H15Cl2NO2S. The van der Waals surface area contributed by atoms with E-state index >= 15 is 0 Å². The molecule has 2 rings (SSSR count). The molecular weight excluding hydrogens is 329 g/mol. The van der Waals surface area contributed by atoms with Crippen LogP contribution >= 0.6 is 23.2 Å². The van der Waals surface area contributed by atoms with Gasteiger partial charge in [-0.05, 0) is 36.2 Å². The monoisotopic (exact) mass is 343 g/mol. The predicted molar refractivity (Wildman–Crippen MR) is 86.6 cm³/mol. The first-order valence-electron chi connectivity index (χ1n) is 6.38. The maximum Gasteiger partial charge on any atom is 0.182 e. The molecule has 0 bridgehead atoms. The van der Waals surface area contributed by atoms with E-state index in [2.05, 4.69) is 0 Å². The van der Waals surface area contributed by atoms with Crippen LogP contribution in [0.25, 0.3) is 0 Å². The molecule has 2 aromatic rings. The van der Waals surface area contributed by atoms with Crippen LogP contribution in [-0.4, -0.2) is 20.2 Å². The van der Waals surface area contributed by atoms with Crippen molar-refractivity contribution in [2.24, 2.45) is 5.73 Å². The van der Waals surface area contributed by atoms with Crippen LogP contribution in [0.1, 0.15) is 5.56 Å². The molecule has 2 aromatic carbocycles. The molecule has 0 aliphatic heterocycles. The van der Waals surface area contributed by atoms with Crippen molar-refractivity contribution in [1.29, 1.82) is 0 Å². The molecule has 0 heterocycles. The van der Waals surface area contributed by atoms with Crippen molar-refractivity contribution in [3.05, 3.63) is 64.1 Å². The molecule has 1 atom stereocenters. The molecule has 112 valence electrons. The second-order valence-corrected chi connectivity index (χ2v) is 7.73. The van der Waals surface area contributed by atoms with Crippen LogP contribution in [0.4, 0.5) is 0 Å². The summed E-state index contributed by atoms with van der Waals surface area (Å²) in [4.78, 5) is 0.269. The first-order valence-corrected chi connectivity index (χ1v) is 8.68.